The van der Waals surface area contributed by atoms with Gasteiger partial charge in [0.2, 0.25) is 5.76 Å². The number of fused-ring (bicyclic) bond motifs is 1. The Morgan fingerprint density at radius 3 is 3.30 bits per heavy atom. The standard InChI is InChI=1S/C5H5O4P/c1-4-3-10-9-7-2-5(4)8-6-1/h1-2,10H,3H2. The fourth-order valence-corrected chi connectivity index (χ4v) is 1.27. The summed E-state index contributed by atoms with van der Waals surface area (Å²) in [6.07, 6.45) is 3.72. The molecule has 0 N–H and O–H groups in total. The van der Waals surface area contributed by atoms with Gasteiger partial charge in [0.1, 0.15) is 0 Å². The van der Waals surface area contributed by atoms with Crippen molar-refractivity contribution in [1.29, 1.82) is 0 Å². The summed E-state index contributed by atoms with van der Waals surface area (Å²) < 4.78 is 4.71. The van der Waals surface area contributed by atoms with E-state index in [2.05, 4.69) is 9.78 Å². The van der Waals surface area contributed by atoms with Crippen LogP contribution in [-0.4, -0.2) is 6.16 Å². The van der Waals surface area contributed by atoms with Gasteiger partial charge in [0.25, 0.3) is 0 Å². The summed E-state index contributed by atoms with van der Waals surface area (Å²) in [6, 6.07) is 0. The van der Waals surface area contributed by atoms with Crippen molar-refractivity contribution in [3.63, 3.8) is 0 Å². The molecule has 0 amide bonds. The van der Waals surface area contributed by atoms with Crippen LogP contribution in [0.4, 0.5) is 0 Å². The lowest BCUT2D eigenvalue weighted by molar-refractivity contribution is -0.201. The van der Waals surface area contributed by atoms with Gasteiger partial charge in [0.15, 0.2) is 12.5 Å². The van der Waals surface area contributed by atoms with Gasteiger partial charge < -0.3 is 4.89 Å². The van der Waals surface area contributed by atoms with Crippen molar-refractivity contribution in [2.45, 2.75) is 0 Å². The van der Waals surface area contributed by atoms with Crippen molar-refractivity contribution in [3.8, 4) is 0 Å². The zero-order valence-electron chi connectivity index (χ0n) is 4.99. The Bertz CT molecular complexity index is 198. The molecule has 2 rings (SSSR count). The zero-order valence-corrected chi connectivity index (χ0v) is 5.99. The largest absolute Gasteiger partial charge is 0.338 e. The Hall–Kier alpha value is -0.730. The minimum atomic E-state index is 0.305. The maximum Gasteiger partial charge on any atom is 0.223 e. The molecule has 0 radical (unpaired) electrons. The van der Waals surface area contributed by atoms with E-state index >= 15 is 0 Å². The minimum absolute atomic E-state index is 0.305. The summed E-state index contributed by atoms with van der Waals surface area (Å²) in [5, 5.41) is 0. The maximum atomic E-state index is 4.71. The van der Waals surface area contributed by atoms with Crippen molar-refractivity contribution in [1.82, 2.24) is 0 Å². The molecule has 0 saturated carbocycles. The van der Waals surface area contributed by atoms with E-state index in [0.29, 0.717) is 14.6 Å². The molecule has 0 aromatic rings. The SMILES string of the molecule is C1=C2CPOOC=C2OO1. The second kappa shape index (κ2) is 2.48. The highest BCUT2D eigenvalue weighted by Crippen LogP contribution is 2.30. The summed E-state index contributed by atoms with van der Waals surface area (Å²) in [5.41, 5.74) is 0.982. The smallest absolute Gasteiger partial charge is 0.223 e. The Morgan fingerprint density at radius 2 is 2.30 bits per heavy atom. The Morgan fingerprint density at radius 1 is 1.30 bits per heavy atom. The molecule has 54 valence electrons. The van der Waals surface area contributed by atoms with Crippen LogP contribution in [0.25, 0.3) is 0 Å². The molecular weight excluding hydrogens is 155 g/mol. The predicted molar refractivity (Wildman–Crippen MR) is 33.7 cm³/mol. The van der Waals surface area contributed by atoms with Gasteiger partial charge in [0, 0.05) is 11.7 Å². The molecule has 0 aliphatic carbocycles. The Labute approximate surface area is 59.1 Å². The molecular formula is C5H5O4P. The zero-order chi connectivity index (χ0) is 6.81. The Kier molecular flexibility index (Phi) is 1.49. The molecule has 2 heterocycles. The van der Waals surface area contributed by atoms with Gasteiger partial charge in [-0.15, -0.1) is 0 Å². The van der Waals surface area contributed by atoms with E-state index in [-0.39, 0.29) is 0 Å². The van der Waals surface area contributed by atoms with Crippen molar-refractivity contribution in [2.24, 2.45) is 0 Å². The van der Waals surface area contributed by atoms with Gasteiger partial charge in [-0.25, -0.2) is 0 Å². The third-order valence-corrected chi connectivity index (χ3v) is 1.91. The van der Waals surface area contributed by atoms with Crippen molar-refractivity contribution >= 4 is 8.81 Å². The first-order valence-corrected chi connectivity index (χ1v) is 3.86. The molecule has 0 bridgehead atoms. The number of hydrogen-bond acceptors (Lipinski definition) is 4. The van der Waals surface area contributed by atoms with Gasteiger partial charge in [-0.1, -0.05) is 0 Å². The Balaban J connectivity index is 2.21. The van der Waals surface area contributed by atoms with E-state index < -0.39 is 0 Å². The van der Waals surface area contributed by atoms with E-state index in [4.69, 9.17) is 9.56 Å². The van der Waals surface area contributed by atoms with Crippen molar-refractivity contribution in [2.75, 3.05) is 6.16 Å². The van der Waals surface area contributed by atoms with Gasteiger partial charge in [-0.3, -0.25) is 9.78 Å². The highest BCUT2D eigenvalue weighted by molar-refractivity contribution is 7.32. The molecule has 4 nitrogen and oxygen atoms in total. The van der Waals surface area contributed by atoms with Crippen LogP contribution in [-0.2, 0) is 19.3 Å². The summed E-state index contributed by atoms with van der Waals surface area (Å²) in [4.78, 5) is 13.9. The van der Waals surface area contributed by atoms with Crippen molar-refractivity contribution in [3.05, 3.63) is 23.9 Å². The van der Waals surface area contributed by atoms with Crippen molar-refractivity contribution < 1.29 is 19.3 Å². The van der Waals surface area contributed by atoms with Crippen LogP contribution < -0.4 is 0 Å². The molecule has 0 aromatic carbocycles. The number of rotatable bonds is 0. The van der Waals surface area contributed by atoms with Crippen LogP contribution in [0.15, 0.2) is 23.9 Å². The molecule has 0 aromatic heterocycles. The highest BCUT2D eigenvalue weighted by Gasteiger charge is 2.19. The van der Waals surface area contributed by atoms with Crippen LogP contribution in [0.5, 0.6) is 0 Å². The molecule has 10 heavy (non-hydrogen) atoms. The van der Waals surface area contributed by atoms with Gasteiger partial charge >= 0.3 is 0 Å². The van der Waals surface area contributed by atoms with Crippen LogP contribution >= 0.6 is 8.81 Å². The first-order valence-electron chi connectivity index (χ1n) is 2.75. The summed E-state index contributed by atoms with van der Waals surface area (Å²) in [6.45, 7) is 0. The van der Waals surface area contributed by atoms with E-state index in [0.717, 1.165) is 11.7 Å². The molecule has 0 spiro atoms. The number of allylic oxidation sites excluding steroid dienone is 1. The second-order valence-corrected chi connectivity index (χ2v) is 2.61. The minimum Gasteiger partial charge on any atom is -0.338 e. The average Bonchev–Trinajstić information content (AvgIpc) is 2.28. The average molecular weight is 160 g/mol. The quantitative estimate of drug-likeness (QED) is 0.394. The normalized spacial score (nSPS) is 24.8. The van der Waals surface area contributed by atoms with Gasteiger partial charge in [0.05, 0.1) is 8.81 Å². The maximum absolute atomic E-state index is 4.71. The lowest BCUT2D eigenvalue weighted by Crippen LogP contribution is -1.85. The van der Waals surface area contributed by atoms with Crippen LogP contribution in [0.3, 0.4) is 0 Å². The van der Waals surface area contributed by atoms with Gasteiger partial charge in [-0.05, 0) is 0 Å². The topological polar surface area (TPSA) is 36.9 Å². The second-order valence-electron chi connectivity index (χ2n) is 1.81. The lowest BCUT2D eigenvalue weighted by atomic mass is 10.3. The number of hydrogen-bond donors (Lipinski definition) is 0. The highest BCUT2D eigenvalue weighted by atomic mass is 31.1. The first kappa shape index (κ1) is 6.01. The molecule has 2 aliphatic heterocycles. The predicted octanol–water partition coefficient (Wildman–Crippen LogP) is 1.23. The van der Waals surface area contributed by atoms with Crippen LogP contribution in [0.1, 0.15) is 0 Å². The summed E-state index contributed by atoms with van der Waals surface area (Å²) in [7, 11) is 0.305. The van der Waals surface area contributed by atoms with E-state index in [1.165, 1.54) is 6.26 Å². The molecule has 0 saturated heterocycles. The fraction of sp³-hybridized carbons (Fsp3) is 0.200. The van der Waals surface area contributed by atoms with Crippen LogP contribution in [0.2, 0.25) is 0 Å². The third-order valence-electron chi connectivity index (χ3n) is 1.17. The molecule has 1 atom stereocenters. The van der Waals surface area contributed by atoms with Gasteiger partial charge in [-0.2, -0.15) is 4.67 Å². The molecule has 2 aliphatic rings. The first-order chi connectivity index (χ1) is 4.97. The molecule has 5 heteroatoms. The molecule has 1 unspecified atom stereocenters. The summed E-state index contributed by atoms with van der Waals surface area (Å²) in [5.74, 6) is 0.602. The van der Waals surface area contributed by atoms with E-state index in [1.807, 2.05) is 0 Å². The monoisotopic (exact) mass is 160 g/mol. The molecule has 0 fully saturated rings. The van der Waals surface area contributed by atoms with E-state index in [1.54, 1.807) is 6.26 Å². The lowest BCUT2D eigenvalue weighted by Gasteiger charge is -1.93. The summed E-state index contributed by atoms with van der Waals surface area (Å²) >= 11 is 0. The third kappa shape index (κ3) is 0.958. The fourth-order valence-electron chi connectivity index (χ4n) is 0.679. The van der Waals surface area contributed by atoms with E-state index in [9.17, 15) is 0 Å². The van der Waals surface area contributed by atoms with Crippen LogP contribution in [0, 0.1) is 0 Å².